The summed E-state index contributed by atoms with van der Waals surface area (Å²) in [6.45, 7) is 2.20. The van der Waals surface area contributed by atoms with E-state index in [0.717, 1.165) is 36.9 Å². The molecule has 0 radical (unpaired) electrons. The average Bonchev–Trinajstić information content (AvgIpc) is 3.28. The molecule has 0 unspecified atom stereocenters. The van der Waals surface area contributed by atoms with Gasteiger partial charge in [0.2, 0.25) is 0 Å². The number of aromatic carboxylic acids is 1. The average molecular weight is 526 g/mol. The smallest absolute Gasteiger partial charge is 0.335 e. The first-order chi connectivity index (χ1) is 17.4. The Morgan fingerprint density at radius 2 is 1.94 bits per heavy atom. The molecule has 2 aliphatic rings. The third-order valence-corrected chi connectivity index (χ3v) is 8.08. The molecule has 11 heteroatoms. The van der Waals surface area contributed by atoms with Crippen LogP contribution in [0.15, 0.2) is 40.9 Å². The molecular weight excluding hydrogens is 502 g/mol. The van der Waals surface area contributed by atoms with Crippen molar-refractivity contribution in [3.63, 3.8) is 0 Å². The Labute approximate surface area is 215 Å². The first-order valence-electron chi connectivity index (χ1n) is 11.9. The van der Waals surface area contributed by atoms with Crippen molar-refractivity contribution in [1.82, 2.24) is 24.9 Å². The molecule has 36 heavy (non-hydrogen) atoms. The van der Waals surface area contributed by atoms with Gasteiger partial charge in [-0.25, -0.2) is 9.78 Å². The van der Waals surface area contributed by atoms with E-state index in [1.54, 1.807) is 16.7 Å². The molecule has 4 aromatic rings. The number of aromatic nitrogens is 3. The quantitative estimate of drug-likeness (QED) is 0.365. The standard InChI is InChI=1S/C25H24ClN5O4S/c26-22-6-5-21(36-22)19-12-17(35-29-19)13-31-20-4-1-14(25(33)34)11-18(20)28-23(31)24(32)27-15-7-9-30(10-8-15)16-2-3-16/h1,4-6,11-12,15-16H,2-3,7-10,13H2,(H,27,32)(H,33,34). The van der Waals surface area contributed by atoms with Crippen LogP contribution in [-0.4, -0.2) is 61.8 Å². The Morgan fingerprint density at radius 1 is 1.14 bits per heavy atom. The highest BCUT2D eigenvalue weighted by Gasteiger charge is 2.32. The maximum Gasteiger partial charge on any atom is 0.335 e. The minimum Gasteiger partial charge on any atom is -0.478 e. The minimum atomic E-state index is -1.05. The Kier molecular flexibility index (Phi) is 6.02. The zero-order chi connectivity index (χ0) is 24.8. The van der Waals surface area contributed by atoms with Crippen LogP contribution < -0.4 is 5.32 Å². The van der Waals surface area contributed by atoms with Crippen molar-refractivity contribution in [3.8, 4) is 10.6 Å². The summed E-state index contributed by atoms with van der Waals surface area (Å²) in [5, 5.41) is 16.7. The molecule has 2 fully saturated rings. The summed E-state index contributed by atoms with van der Waals surface area (Å²) >= 11 is 7.46. The molecule has 0 atom stereocenters. The Balaban J connectivity index is 1.28. The van der Waals surface area contributed by atoms with Crippen LogP contribution in [0.1, 0.15) is 52.4 Å². The number of amides is 1. The molecule has 6 rings (SSSR count). The van der Waals surface area contributed by atoms with E-state index < -0.39 is 5.97 Å². The number of carbonyl (C=O) groups is 2. The summed E-state index contributed by atoms with van der Waals surface area (Å²) in [6, 6.07) is 11.0. The van der Waals surface area contributed by atoms with Crippen molar-refractivity contribution in [2.75, 3.05) is 13.1 Å². The lowest BCUT2D eigenvalue weighted by Gasteiger charge is -2.32. The first kappa shape index (κ1) is 23.2. The minimum absolute atomic E-state index is 0.0794. The van der Waals surface area contributed by atoms with E-state index in [9.17, 15) is 14.7 Å². The Bertz CT molecular complexity index is 1450. The second kappa shape index (κ2) is 9.34. The number of rotatable bonds is 7. The van der Waals surface area contributed by atoms with Crippen molar-refractivity contribution in [2.24, 2.45) is 0 Å². The van der Waals surface area contributed by atoms with Gasteiger partial charge >= 0.3 is 5.97 Å². The van der Waals surface area contributed by atoms with Gasteiger partial charge in [0, 0.05) is 31.2 Å². The molecule has 4 heterocycles. The number of hydrogen-bond acceptors (Lipinski definition) is 7. The number of nitrogens with zero attached hydrogens (tertiary/aromatic N) is 4. The van der Waals surface area contributed by atoms with E-state index in [0.29, 0.717) is 26.8 Å². The molecule has 2 N–H and O–H groups in total. The number of halogens is 1. The second-order valence-corrected chi connectivity index (χ2v) is 11.0. The summed E-state index contributed by atoms with van der Waals surface area (Å²) in [7, 11) is 0. The molecule has 1 aromatic carbocycles. The van der Waals surface area contributed by atoms with Crippen LogP contribution in [0.5, 0.6) is 0 Å². The fourth-order valence-corrected chi connectivity index (χ4v) is 5.80. The molecule has 0 bridgehead atoms. The van der Waals surface area contributed by atoms with Gasteiger partial charge in [-0.2, -0.15) is 0 Å². The summed E-state index contributed by atoms with van der Waals surface area (Å²) in [5.41, 5.74) is 1.86. The van der Waals surface area contributed by atoms with Crippen LogP contribution in [0.3, 0.4) is 0 Å². The van der Waals surface area contributed by atoms with E-state index in [1.807, 2.05) is 12.1 Å². The molecule has 1 saturated heterocycles. The van der Waals surface area contributed by atoms with Crippen LogP contribution in [0.25, 0.3) is 21.6 Å². The number of piperidine rings is 1. The first-order valence-corrected chi connectivity index (χ1v) is 13.1. The molecule has 0 spiro atoms. The largest absolute Gasteiger partial charge is 0.478 e. The number of carbonyl (C=O) groups excluding carboxylic acids is 1. The highest BCUT2D eigenvalue weighted by atomic mass is 35.5. The molecule has 1 saturated carbocycles. The number of carboxylic acids is 1. The molecule has 1 amide bonds. The molecule has 1 aliphatic carbocycles. The van der Waals surface area contributed by atoms with Gasteiger partial charge in [0.15, 0.2) is 11.6 Å². The normalized spacial score (nSPS) is 17.0. The highest BCUT2D eigenvalue weighted by Crippen LogP contribution is 2.31. The number of hydrogen-bond donors (Lipinski definition) is 2. The summed E-state index contributed by atoms with van der Waals surface area (Å²) in [5.74, 6) is -0.565. The highest BCUT2D eigenvalue weighted by molar-refractivity contribution is 7.19. The number of carboxylic acid groups (broad SMARTS) is 1. The van der Waals surface area contributed by atoms with Crippen molar-refractivity contribution in [3.05, 3.63) is 57.9 Å². The zero-order valence-corrected chi connectivity index (χ0v) is 20.9. The fraction of sp³-hybridized carbons (Fsp3) is 0.360. The van der Waals surface area contributed by atoms with E-state index >= 15 is 0 Å². The third-order valence-electron chi connectivity index (χ3n) is 6.82. The van der Waals surface area contributed by atoms with Gasteiger partial charge in [0.25, 0.3) is 5.91 Å². The lowest BCUT2D eigenvalue weighted by molar-refractivity contribution is 0.0696. The van der Waals surface area contributed by atoms with Gasteiger partial charge in [-0.05, 0) is 56.0 Å². The topological polar surface area (TPSA) is 113 Å². The SMILES string of the molecule is O=C(O)c1ccc2c(c1)nc(C(=O)NC1CCN(C3CC3)CC1)n2Cc1cc(-c2ccc(Cl)s2)no1. The third kappa shape index (κ3) is 4.63. The number of nitrogens with one attached hydrogen (secondary N) is 1. The fourth-order valence-electron chi connectivity index (χ4n) is 4.81. The van der Waals surface area contributed by atoms with Gasteiger partial charge < -0.3 is 24.4 Å². The van der Waals surface area contributed by atoms with Gasteiger partial charge in [-0.1, -0.05) is 16.8 Å². The maximum absolute atomic E-state index is 13.4. The van der Waals surface area contributed by atoms with Crippen LogP contribution in [-0.2, 0) is 6.54 Å². The van der Waals surface area contributed by atoms with Crippen molar-refractivity contribution < 1.29 is 19.2 Å². The maximum atomic E-state index is 13.4. The van der Waals surface area contributed by atoms with Crippen molar-refractivity contribution in [1.29, 1.82) is 0 Å². The Morgan fingerprint density at radius 3 is 2.64 bits per heavy atom. The Hall–Kier alpha value is -3.21. The molecule has 3 aromatic heterocycles. The van der Waals surface area contributed by atoms with E-state index in [1.165, 1.54) is 36.3 Å². The molecule has 186 valence electrons. The molecular formula is C25H24ClN5O4S. The van der Waals surface area contributed by atoms with Gasteiger partial charge in [0.05, 0.1) is 32.4 Å². The molecule has 1 aliphatic heterocycles. The van der Waals surface area contributed by atoms with Gasteiger partial charge in [-0.3, -0.25) is 4.79 Å². The predicted octanol–water partition coefficient (Wildman–Crippen LogP) is 4.51. The lowest BCUT2D eigenvalue weighted by Crippen LogP contribution is -2.45. The number of benzene rings is 1. The predicted molar refractivity (Wildman–Crippen MR) is 136 cm³/mol. The number of imidazole rings is 1. The van der Waals surface area contributed by atoms with Crippen LogP contribution in [0, 0.1) is 0 Å². The van der Waals surface area contributed by atoms with Crippen molar-refractivity contribution in [2.45, 2.75) is 44.3 Å². The second-order valence-electron chi connectivity index (χ2n) is 9.33. The molecule has 9 nitrogen and oxygen atoms in total. The van der Waals surface area contributed by atoms with Gasteiger partial charge in [-0.15, -0.1) is 11.3 Å². The number of fused-ring (bicyclic) bond motifs is 1. The van der Waals surface area contributed by atoms with Crippen LogP contribution in [0.4, 0.5) is 0 Å². The lowest BCUT2D eigenvalue weighted by atomic mass is 10.0. The van der Waals surface area contributed by atoms with Crippen molar-refractivity contribution >= 4 is 45.8 Å². The van der Waals surface area contributed by atoms with E-state index in [-0.39, 0.29) is 29.9 Å². The van der Waals surface area contributed by atoms with Gasteiger partial charge in [0.1, 0.15) is 5.69 Å². The summed E-state index contributed by atoms with van der Waals surface area (Å²) in [4.78, 5) is 32.8. The monoisotopic (exact) mass is 525 g/mol. The van der Waals surface area contributed by atoms with Crippen LogP contribution >= 0.6 is 22.9 Å². The van der Waals surface area contributed by atoms with E-state index in [2.05, 4.69) is 20.4 Å². The zero-order valence-electron chi connectivity index (χ0n) is 19.3. The summed E-state index contributed by atoms with van der Waals surface area (Å²) < 4.78 is 7.98. The number of likely N-dealkylation sites (tertiary alicyclic amines) is 1. The number of thiophene rings is 1. The van der Waals surface area contributed by atoms with Crippen LogP contribution in [0.2, 0.25) is 4.34 Å². The summed E-state index contributed by atoms with van der Waals surface area (Å²) in [6.07, 6.45) is 4.37. The van der Waals surface area contributed by atoms with E-state index in [4.69, 9.17) is 16.1 Å².